The Balaban J connectivity index is 1.89. The normalized spacial score (nSPS) is 11.9. The van der Waals surface area contributed by atoms with Crippen LogP contribution in [0.3, 0.4) is 0 Å². The Kier molecular flexibility index (Phi) is 5.10. The molecule has 0 saturated carbocycles. The Bertz CT molecular complexity index is 607. The largest absolute Gasteiger partial charge is 0.459 e. The first-order chi connectivity index (χ1) is 10.1. The zero-order valence-corrected chi connectivity index (χ0v) is 12.7. The molecular weight excluding hydrogens is 290 g/mol. The molecule has 0 aliphatic carbocycles. The van der Waals surface area contributed by atoms with Gasteiger partial charge in [-0.3, -0.25) is 14.9 Å². The maximum absolute atomic E-state index is 11.8. The number of nitrogens with zero attached hydrogens (tertiary/aromatic N) is 1. The summed E-state index contributed by atoms with van der Waals surface area (Å²) in [4.78, 5) is 27.7. The van der Waals surface area contributed by atoms with Gasteiger partial charge in [0.1, 0.15) is 0 Å². The first-order valence-corrected chi connectivity index (χ1v) is 7.55. The monoisotopic (exact) mass is 307 g/mol. The van der Waals surface area contributed by atoms with E-state index in [4.69, 9.17) is 4.42 Å². The minimum absolute atomic E-state index is 0.0708. The molecule has 0 bridgehead atoms. The van der Waals surface area contributed by atoms with Crippen LogP contribution in [0.15, 0.2) is 28.2 Å². The van der Waals surface area contributed by atoms with Crippen molar-refractivity contribution < 1.29 is 14.0 Å². The molecule has 2 aromatic rings. The predicted molar refractivity (Wildman–Crippen MR) is 80.4 cm³/mol. The molecule has 6 nitrogen and oxygen atoms in total. The Morgan fingerprint density at radius 3 is 2.95 bits per heavy atom. The number of nitrogens with one attached hydrogen (secondary N) is 2. The number of hydrogen-bond acceptors (Lipinski definition) is 5. The Morgan fingerprint density at radius 2 is 2.29 bits per heavy atom. The van der Waals surface area contributed by atoms with E-state index in [1.54, 1.807) is 17.5 Å². The molecule has 0 fully saturated rings. The number of thiazole rings is 1. The topological polar surface area (TPSA) is 84.2 Å². The summed E-state index contributed by atoms with van der Waals surface area (Å²) in [6.45, 7) is 3.96. The van der Waals surface area contributed by atoms with E-state index < -0.39 is 0 Å². The third-order valence-electron chi connectivity index (χ3n) is 2.88. The zero-order valence-electron chi connectivity index (χ0n) is 11.9. The van der Waals surface area contributed by atoms with Crippen LogP contribution < -0.4 is 10.6 Å². The first-order valence-electron chi connectivity index (χ1n) is 6.67. The maximum atomic E-state index is 11.8. The highest BCUT2D eigenvalue weighted by Gasteiger charge is 2.13. The molecule has 2 N–H and O–H groups in total. The van der Waals surface area contributed by atoms with Gasteiger partial charge >= 0.3 is 0 Å². The van der Waals surface area contributed by atoms with E-state index in [1.807, 2.05) is 13.8 Å². The summed E-state index contributed by atoms with van der Waals surface area (Å²) in [5, 5.41) is 7.71. The highest BCUT2D eigenvalue weighted by atomic mass is 32.1. The van der Waals surface area contributed by atoms with Crippen molar-refractivity contribution in [1.29, 1.82) is 0 Å². The van der Waals surface area contributed by atoms with Gasteiger partial charge < -0.3 is 9.73 Å². The Labute approximate surface area is 126 Å². The Morgan fingerprint density at radius 1 is 1.48 bits per heavy atom. The van der Waals surface area contributed by atoms with E-state index >= 15 is 0 Å². The molecule has 2 heterocycles. The number of rotatable bonds is 6. The van der Waals surface area contributed by atoms with Gasteiger partial charge in [0, 0.05) is 11.4 Å². The smallest absolute Gasteiger partial charge is 0.293 e. The van der Waals surface area contributed by atoms with Crippen molar-refractivity contribution in [2.24, 2.45) is 0 Å². The third kappa shape index (κ3) is 4.42. The molecule has 1 unspecified atom stereocenters. The number of aromatic nitrogens is 1. The fourth-order valence-corrected chi connectivity index (χ4v) is 2.31. The molecule has 112 valence electrons. The van der Waals surface area contributed by atoms with Crippen molar-refractivity contribution in [3.8, 4) is 0 Å². The van der Waals surface area contributed by atoms with E-state index in [0.717, 1.165) is 6.42 Å². The van der Waals surface area contributed by atoms with Crippen LogP contribution in [0.4, 0.5) is 5.13 Å². The summed E-state index contributed by atoms with van der Waals surface area (Å²) < 4.78 is 5.00. The number of carbonyl (C=O) groups is 2. The Hall–Kier alpha value is -2.15. The lowest BCUT2D eigenvalue weighted by molar-refractivity contribution is -0.121. The van der Waals surface area contributed by atoms with Gasteiger partial charge in [0.25, 0.3) is 5.91 Å². The van der Waals surface area contributed by atoms with E-state index in [1.165, 1.54) is 17.6 Å². The zero-order chi connectivity index (χ0) is 15.2. The van der Waals surface area contributed by atoms with Gasteiger partial charge in [0.2, 0.25) is 5.91 Å². The van der Waals surface area contributed by atoms with E-state index in [-0.39, 0.29) is 30.0 Å². The number of furan rings is 1. The summed E-state index contributed by atoms with van der Waals surface area (Å²) in [6, 6.07) is 3.36. The second-order valence-corrected chi connectivity index (χ2v) is 5.49. The van der Waals surface area contributed by atoms with Gasteiger partial charge in [0.15, 0.2) is 10.9 Å². The van der Waals surface area contributed by atoms with E-state index in [9.17, 15) is 9.59 Å². The van der Waals surface area contributed by atoms with Crippen molar-refractivity contribution in [3.05, 3.63) is 35.2 Å². The lowest BCUT2D eigenvalue weighted by Gasteiger charge is -2.10. The van der Waals surface area contributed by atoms with Crippen molar-refractivity contribution >= 4 is 28.3 Å². The lowest BCUT2D eigenvalue weighted by atomic mass is 10.2. The quantitative estimate of drug-likeness (QED) is 0.858. The molecular formula is C14H17N3O3S. The van der Waals surface area contributed by atoms with Gasteiger partial charge in [-0.1, -0.05) is 6.92 Å². The second-order valence-electron chi connectivity index (χ2n) is 4.63. The third-order valence-corrected chi connectivity index (χ3v) is 3.69. The average Bonchev–Trinajstić information content (AvgIpc) is 3.10. The minimum Gasteiger partial charge on any atom is -0.459 e. The van der Waals surface area contributed by atoms with Gasteiger partial charge in [-0.05, 0) is 25.5 Å². The number of carbonyl (C=O) groups excluding carboxylic acids is 2. The summed E-state index contributed by atoms with van der Waals surface area (Å²) in [7, 11) is 0. The minimum atomic E-state index is -0.357. The molecule has 0 aliphatic heterocycles. The van der Waals surface area contributed by atoms with Crippen LogP contribution in [-0.2, 0) is 11.2 Å². The van der Waals surface area contributed by atoms with Crippen molar-refractivity contribution in [1.82, 2.24) is 10.3 Å². The van der Waals surface area contributed by atoms with Crippen molar-refractivity contribution in [3.63, 3.8) is 0 Å². The van der Waals surface area contributed by atoms with E-state index in [0.29, 0.717) is 10.8 Å². The summed E-state index contributed by atoms with van der Waals surface area (Å²) in [6.07, 6.45) is 2.52. The molecule has 2 aromatic heterocycles. The molecule has 0 aromatic carbocycles. The fourth-order valence-electron chi connectivity index (χ4n) is 1.60. The summed E-state index contributed by atoms with van der Waals surface area (Å²) in [5.74, 6) is -0.204. The summed E-state index contributed by atoms with van der Waals surface area (Å²) in [5.41, 5.74) is 0.635. The van der Waals surface area contributed by atoms with Gasteiger partial charge in [-0.15, -0.1) is 11.3 Å². The van der Waals surface area contributed by atoms with Crippen LogP contribution in [0.2, 0.25) is 0 Å². The van der Waals surface area contributed by atoms with Crippen LogP contribution in [0, 0.1) is 0 Å². The lowest BCUT2D eigenvalue weighted by Crippen LogP contribution is -2.33. The molecule has 2 rings (SSSR count). The molecule has 0 saturated heterocycles. The van der Waals surface area contributed by atoms with Crippen molar-refractivity contribution in [2.45, 2.75) is 32.7 Å². The van der Waals surface area contributed by atoms with Gasteiger partial charge in [0.05, 0.1) is 18.4 Å². The molecule has 7 heteroatoms. The number of anilines is 1. The van der Waals surface area contributed by atoms with Crippen LogP contribution in [0.5, 0.6) is 0 Å². The van der Waals surface area contributed by atoms with Crippen LogP contribution >= 0.6 is 11.3 Å². The number of hydrogen-bond donors (Lipinski definition) is 2. The van der Waals surface area contributed by atoms with Gasteiger partial charge in [-0.2, -0.15) is 0 Å². The standard InChI is InChI=1S/C14H17N3O3S/c1-3-9(2)15-12(18)7-10-8-21-14(16-10)17-13(19)11-5-4-6-20-11/h4-6,8-9H,3,7H2,1-2H3,(H,15,18)(H,16,17,19). The molecule has 0 aliphatic rings. The maximum Gasteiger partial charge on any atom is 0.293 e. The molecule has 21 heavy (non-hydrogen) atoms. The fraction of sp³-hybridized carbons (Fsp3) is 0.357. The van der Waals surface area contributed by atoms with E-state index in [2.05, 4.69) is 15.6 Å². The van der Waals surface area contributed by atoms with Crippen LogP contribution in [-0.4, -0.2) is 22.8 Å². The van der Waals surface area contributed by atoms with Gasteiger partial charge in [-0.25, -0.2) is 4.98 Å². The molecule has 2 amide bonds. The first kappa shape index (κ1) is 15.2. The highest BCUT2D eigenvalue weighted by Crippen LogP contribution is 2.17. The van der Waals surface area contributed by atoms with Crippen LogP contribution in [0.1, 0.15) is 36.5 Å². The molecule has 0 spiro atoms. The summed E-state index contributed by atoms with van der Waals surface area (Å²) >= 11 is 1.28. The predicted octanol–water partition coefficient (Wildman–Crippen LogP) is 2.45. The number of amides is 2. The van der Waals surface area contributed by atoms with Crippen molar-refractivity contribution in [2.75, 3.05) is 5.32 Å². The average molecular weight is 307 g/mol. The molecule has 1 atom stereocenters. The van der Waals surface area contributed by atoms with Crippen LogP contribution in [0.25, 0.3) is 0 Å². The SMILES string of the molecule is CCC(C)NC(=O)Cc1csc(NC(=O)c2ccco2)n1. The molecule has 0 radical (unpaired) electrons. The second kappa shape index (κ2) is 7.03. The highest BCUT2D eigenvalue weighted by molar-refractivity contribution is 7.14.